The fourth-order valence-electron chi connectivity index (χ4n) is 4.50. The molecule has 146 valence electrons. The quantitative estimate of drug-likeness (QED) is 0.868. The molecule has 6 heteroatoms. The van der Waals surface area contributed by atoms with E-state index in [4.69, 9.17) is 0 Å². The number of fused-ring (bicyclic) bond motifs is 2. The number of hydrogen-bond acceptors (Lipinski definition) is 5. The monoisotopic (exact) mass is 377 g/mol. The first-order valence-corrected chi connectivity index (χ1v) is 10.3. The fourth-order valence-corrected chi connectivity index (χ4v) is 4.50. The first-order valence-electron chi connectivity index (χ1n) is 10.3. The summed E-state index contributed by atoms with van der Waals surface area (Å²) in [6.45, 7) is 6.42. The third-order valence-corrected chi connectivity index (χ3v) is 6.33. The van der Waals surface area contributed by atoms with Crippen molar-refractivity contribution in [2.24, 2.45) is 0 Å². The molecule has 2 unspecified atom stereocenters. The maximum Gasteiger partial charge on any atom is 0.238 e. The lowest BCUT2D eigenvalue weighted by atomic mass is 9.87. The number of nitrogens with zero attached hydrogens (tertiary/aromatic N) is 4. The second kappa shape index (κ2) is 6.85. The van der Waals surface area contributed by atoms with Crippen LogP contribution in [0.3, 0.4) is 0 Å². The lowest BCUT2D eigenvalue weighted by Crippen LogP contribution is -2.69. The second-order valence-corrected chi connectivity index (χ2v) is 8.56. The van der Waals surface area contributed by atoms with Gasteiger partial charge < -0.3 is 10.2 Å². The number of benzene rings is 1. The van der Waals surface area contributed by atoms with Crippen LogP contribution in [0.15, 0.2) is 30.6 Å². The number of hydrogen-bond donors (Lipinski definition) is 1. The van der Waals surface area contributed by atoms with Gasteiger partial charge in [0.2, 0.25) is 5.91 Å². The molecular formula is C22H27N5O. The molecule has 4 heterocycles. The SMILES string of the molecule is Cc1ccc(C)c(NC(=O)CN2C3CC2CN(c2cc(C4CC4)ncn2)C3)c1. The topological polar surface area (TPSA) is 61.4 Å². The summed E-state index contributed by atoms with van der Waals surface area (Å²) < 4.78 is 0. The third-order valence-electron chi connectivity index (χ3n) is 6.33. The number of carbonyl (C=O) groups excluding carboxylic acids is 1. The molecule has 1 amide bonds. The Morgan fingerprint density at radius 3 is 2.68 bits per heavy atom. The number of aryl methyl sites for hydroxylation is 2. The van der Waals surface area contributed by atoms with Crippen LogP contribution in [0.4, 0.5) is 11.5 Å². The van der Waals surface area contributed by atoms with Gasteiger partial charge in [-0.25, -0.2) is 9.97 Å². The summed E-state index contributed by atoms with van der Waals surface area (Å²) in [5.41, 5.74) is 4.37. The van der Waals surface area contributed by atoms with Crippen LogP contribution >= 0.6 is 0 Å². The Kier molecular flexibility index (Phi) is 4.31. The highest BCUT2D eigenvalue weighted by Gasteiger charge is 2.45. The van der Waals surface area contributed by atoms with Crippen molar-refractivity contribution < 1.29 is 4.79 Å². The highest BCUT2D eigenvalue weighted by molar-refractivity contribution is 5.93. The maximum absolute atomic E-state index is 12.6. The van der Waals surface area contributed by atoms with Crippen LogP contribution < -0.4 is 10.2 Å². The van der Waals surface area contributed by atoms with Gasteiger partial charge in [0.05, 0.1) is 6.54 Å². The number of piperazine rings is 1. The van der Waals surface area contributed by atoms with Gasteiger partial charge in [-0.3, -0.25) is 9.69 Å². The van der Waals surface area contributed by atoms with Crippen molar-refractivity contribution in [2.45, 2.75) is 51.1 Å². The van der Waals surface area contributed by atoms with E-state index in [0.29, 0.717) is 24.5 Å². The van der Waals surface area contributed by atoms with Gasteiger partial charge in [0.1, 0.15) is 12.1 Å². The molecule has 1 aromatic carbocycles. The number of aromatic nitrogens is 2. The molecular weight excluding hydrogens is 350 g/mol. The molecule has 3 aliphatic heterocycles. The first kappa shape index (κ1) is 17.6. The molecule has 4 aliphatic rings. The Balaban J connectivity index is 1.20. The van der Waals surface area contributed by atoms with Crippen LogP contribution in [0.2, 0.25) is 0 Å². The van der Waals surface area contributed by atoms with Crippen molar-refractivity contribution in [3.63, 3.8) is 0 Å². The van der Waals surface area contributed by atoms with Crippen LogP contribution in [-0.2, 0) is 4.79 Å². The van der Waals surface area contributed by atoms with E-state index in [2.05, 4.69) is 43.3 Å². The van der Waals surface area contributed by atoms with Gasteiger partial charge >= 0.3 is 0 Å². The average Bonchev–Trinajstić information content (AvgIpc) is 3.54. The zero-order valence-corrected chi connectivity index (χ0v) is 16.6. The van der Waals surface area contributed by atoms with Crippen LogP contribution in [0, 0.1) is 13.8 Å². The number of rotatable bonds is 5. The largest absolute Gasteiger partial charge is 0.353 e. The van der Waals surface area contributed by atoms with E-state index >= 15 is 0 Å². The Hall–Kier alpha value is -2.47. The van der Waals surface area contributed by atoms with Crippen LogP contribution in [0.5, 0.6) is 0 Å². The minimum Gasteiger partial charge on any atom is -0.353 e. The van der Waals surface area contributed by atoms with Crippen LogP contribution in [0.1, 0.15) is 42.0 Å². The van der Waals surface area contributed by atoms with E-state index in [-0.39, 0.29) is 5.91 Å². The molecule has 1 N–H and O–H groups in total. The van der Waals surface area contributed by atoms with Crippen LogP contribution in [-0.4, -0.2) is 52.5 Å². The van der Waals surface area contributed by atoms with E-state index in [1.165, 1.54) is 25.0 Å². The van der Waals surface area contributed by atoms with Gasteiger partial charge in [0, 0.05) is 48.5 Å². The Labute approximate surface area is 166 Å². The van der Waals surface area contributed by atoms with Gasteiger partial charge in [-0.2, -0.15) is 0 Å². The average molecular weight is 377 g/mol. The molecule has 2 atom stereocenters. The van der Waals surface area contributed by atoms with Gasteiger partial charge in [-0.15, -0.1) is 0 Å². The van der Waals surface area contributed by atoms with E-state index in [1.807, 2.05) is 19.9 Å². The predicted molar refractivity (Wildman–Crippen MR) is 110 cm³/mol. The number of amides is 1. The van der Waals surface area contributed by atoms with Crippen molar-refractivity contribution >= 4 is 17.4 Å². The molecule has 3 saturated heterocycles. The van der Waals surface area contributed by atoms with E-state index in [1.54, 1.807) is 6.33 Å². The molecule has 6 nitrogen and oxygen atoms in total. The smallest absolute Gasteiger partial charge is 0.238 e. The molecule has 6 rings (SSSR count). The van der Waals surface area contributed by atoms with Crippen molar-refractivity contribution in [3.05, 3.63) is 47.4 Å². The predicted octanol–water partition coefficient (Wildman–Crippen LogP) is 2.87. The van der Waals surface area contributed by atoms with E-state index < -0.39 is 0 Å². The number of piperidine rings is 1. The molecule has 2 aromatic rings. The molecule has 0 spiro atoms. The molecule has 4 fully saturated rings. The zero-order valence-electron chi connectivity index (χ0n) is 16.6. The van der Waals surface area contributed by atoms with Crippen molar-refractivity contribution in [1.29, 1.82) is 0 Å². The van der Waals surface area contributed by atoms with Crippen LogP contribution in [0.25, 0.3) is 0 Å². The normalized spacial score (nSPS) is 24.0. The summed E-state index contributed by atoms with van der Waals surface area (Å²) in [5.74, 6) is 1.77. The fraction of sp³-hybridized carbons (Fsp3) is 0.500. The van der Waals surface area contributed by atoms with Gasteiger partial charge in [-0.1, -0.05) is 12.1 Å². The summed E-state index contributed by atoms with van der Waals surface area (Å²) in [6, 6.07) is 9.20. The summed E-state index contributed by atoms with van der Waals surface area (Å²) in [4.78, 5) is 26.3. The Bertz CT molecular complexity index is 898. The second-order valence-electron chi connectivity index (χ2n) is 8.56. The third kappa shape index (κ3) is 3.37. The van der Waals surface area contributed by atoms with Gasteiger partial charge in [-0.05, 0) is 50.3 Å². The lowest BCUT2D eigenvalue weighted by molar-refractivity contribution is -0.121. The first-order chi connectivity index (χ1) is 13.6. The van der Waals surface area contributed by atoms with Gasteiger partial charge in [0.25, 0.3) is 0 Å². The number of anilines is 2. The zero-order chi connectivity index (χ0) is 19.3. The standard InChI is InChI=1S/C22H27N5O/c1-14-3-4-15(2)19(7-14)25-22(28)12-27-17-8-18(27)11-26(10-17)21-9-20(16-5-6-16)23-13-24-21/h3-4,7,9,13,16-18H,5-6,8,10-12H2,1-2H3,(H,25,28). The van der Waals surface area contributed by atoms with E-state index in [9.17, 15) is 4.79 Å². The Morgan fingerprint density at radius 1 is 1.14 bits per heavy atom. The highest BCUT2D eigenvalue weighted by Crippen LogP contribution is 2.40. The minimum absolute atomic E-state index is 0.0786. The molecule has 0 radical (unpaired) electrons. The molecule has 1 saturated carbocycles. The minimum atomic E-state index is 0.0786. The Morgan fingerprint density at radius 2 is 1.93 bits per heavy atom. The highest BCUT2D eigenvalue weighted by atomic mass is 16.2. The summed E-state index contributed by atoms with van der Waals surface area (Å²) in [5, 5.41) is 3.09. The summed E-state index contributed by atoms with van der Waals surface area (Å²) in [7, 11) is 0. The lowest BCUT2D eigenvalue weighted by Gasteiger charge is -2.56. The molecule has 1 aromatic heterocycles. The van der Waals surface area contributed by atoms with Crippen molar-refractivity contribution in [3.8, 4) is 0 Å². The summed E-state index contributed by atoms with van der Waals surface area (Å²) in [6.07, 6.45) is 5.39. The molecule has 28 heavy (non-hydrogen) atoms. The molecule has 2 bridgehead atoms. The van der Waals surface area contributed by atoms with Crippen molar-refractivity contribution in [1.82, 2.24) is 14.9 Å². The molecule has 1 aliphatic carbocycles. The number of carbonyl (C=O) groups is 1. The summed E-state index contributed by atoms with van der Waals surface area (Å²) >= 11 is 0. The number of nitrogens with one attached hydrogen (secondary N) is 1. The van der Waals surface area contributed by atoms with Gasteiger partial charge in [0.15, 0.2) is 0 Å². The van der Waals surface area contributed by atoms with E-state index in [0.717, 1.165) is 35.7 Å². The van der Waals surface area contributed by atoms with Crippen molar-refractivity contribution in [2.75, 3.05) is 29.9 Å². The maximum atomic E-state index is 12.6.